The smallest absolute Gasteiger partial charge is 0.326 e. The first-order valence-electron chi connectivity index (χ1n) is 6.56. The third kappa shape index (κ3) is 8.61. The number of carbonyl (C=O) groups excluding carboxylic acids is 2. The van der Waals surface area contributed by atoms with Crippen molar-refractivity contribution < 1.29 is 29.4 Å². The lowest BCUT2D eigenvalue weighted by molar-refractivity contribution is -0.147. The van der Waals surface area contributed by atoms with E-state index in [-0.39, 0.29) is 12.3 Å². The van der Waals surface area contributed by atoms with Crippen LogP contribution in [0.25, 0.3) is 0 Å². The Labute approximate surface area is 122 Å². The number of carbonyl (C=O) groups is 4. The van der Waals surface area contributed by atoms with Crippen molar-refractivity contribution in [3.05, 3.63) is 0 Å². The molecule has 0 saturated carbocycles. The second-order valence-corrected chi connectivity index (χ2v) is 5.67. The van der Waals surface area contributed by atoms with Gasteiger partial charge in [0.15, 0.2) is 0 Å². The molecule has 0 saturated heterocycles. The van der Waals surface area contributed by atoms with E-state index in [0.717, 1.165) is 0 Å². The number of carboxylic acid groups (broad SMARTS) is 2. The van der Waals surface area contributed by atoms with Crippen molar-refractivity contribution in [1.82, 2.24) is 10.6 Å². The average Bonchev–Trinajstić information content (AvgIpc) is 2.31. The zero-order valence-electron chi connectivity index (χ0n) is 12.4. The van der Waals surface area contributed by atoms with Gasteiger partial charge in [0.1, 0.15) is 6.04 Å². The Morgan fingerprint density at radius 3 is 2.10 bits per heavy atom. The van der Waals surface area contributed by atoms with Crippen LogP contribution >= 0.6 is 0 Å². The molecule has 0 aromatic carbocycles. The number of hydrogen-bond donors (Lipinski definition) is 4. The SMILES string of the molecule is CC(C)(C)C(=O)NCCCC(=O)N[C@H](CC(=O)O)C(=O)O. The molecule has 0 aromatic rings. The molecule has 21 heavy (non-hydrogen) atoms. The zero-order chi connectivity index (χ0) is 16.6. The number of hydrogen-bond acceptors (Lipinski definition) is 4. The summed E-state index contributed by atoms with van der Waals surface area (Å²) in [5, 5.41) is 22.1. The van der Waals surface area contributed by atoms with Gasteiger partial charge in [-0.3, -0.25) is 14.4 Å². The number of carboxylic acids is 2. The van der Waals surface area contributed by atoms with E-state index < -0.39 is 35.7 Å². The Bertz CT molecular complexity index is 413. The molecule has 0 unspecified atom stereocenters. The standard InChI is InChI=1S/C13H22N2O6/c1-13(2,3)12(21)14-6-4-5-9(16)15-8(11(19)20)7-10(17)18/h8H,4-7H2,1-3H3,(H,14,21)(H,15,16)(H,17,18)(H,19,20)/t8-/m1/s1. The Morgan fingerprint density at radius 2 is 1.67 bits per heavy atom. The minimum atomic E-state index is -1.45. The Morgan fingerprint density at radius 1 is 1.10 bits per heavy atom. The molecular formula is C13H22N2O6. The van der Waals surface area contributed by atoms with Crippen LogP contribution in [0.1, 0.15) is 40.0 Å². The summed E-state index contributed by atoms with van der Waals surface area (Å²) in [6.07, 6.45) is -0.331. The molecule has 120 valence electrons. The van der Waals surface area contributed by atoms with Crippen molar-refractivity contribution in [2.24, 2.45) is 5.41 Å². The van der Waals surface area contributed by atoms with Crippen LogP contribution < -0.4 is 10.6 Å². The first-order chi connectivity index (χ1) is 9.54. The van der Waals surface area contributed by atoms with Crippen molar-refractivity contribution in [3.8, 4) is 0 Å². The lowest BCUT2D eigenvalue weighted by Gasteiger charge is -2.17. The summed E-state index contributed by atoms with van der Waals surface area (Å²) in [6.45, 7) is 5.58. The third-order valence-electron chi connectivity index (χ3n) is 2.56. The van der Waals surface area contributed by atoms with Gasteiger partial charge in [-0.15, -0.1) is 0 Å². The van der Waals surface area contributed by atoms with Crippen LogP contribution in [0.4, 0.5) is 0 Å². The Hall–Kier alpha value is -2.12. The maximum absolute atomic E-state index is 11.5. The summed E-state index contributed by atoms with van der Waals surface area (Å²) in [5.41, 5.74) is -0.516. The molecule has 4 N–H and O–H groups in total. The van der Waals surface area contributed by atoms with Gasteiger partial charge in [-0.05, 0) is 6.42 Å². The van der Waals surface area contributed by atoms with Gasteiger partial charge < -0.3 is 20.8 Å². The fourth-order valence-corrected chi connectivity index (χ4v) is 1.36. The summed E-state index contributed by atoms with van der Waals surface area (Å²) >= 11 is 0. The summed E-state index contributed by atoms with van der Waals surface area (Å²) in [6, 6.07) is -1.45. The van der Waals surface area contributed by atoms with E-state index in [1.165, 1.54) is 0 Å². The summed E-state index contributed by atoms with van der Waals surface area (Å²) < 4.78 is 0. The van der Waals surface area contributed by atoms with Gasteiger partial charge in [-0.1, -0.05) is 20.8 Å². The predicted octanol–water partition coefficient (Wildman–Crippen LogP) is -0.0270. The van der Waals surface area contributed by atoms with Crippen molar-refractivity contribution >= 4 is 23.8 Å². The third-order valence-corrected chi connectivity index (χ3v) is 2.56. The quantitative estimate of drug-likeness (QED) is 0.465. The Balaban J connectivity index is 4.07. The highest BCUT2D eigenvalue weighted by Gasteiger charge is 2.23. The van der Waals surface area contributed by atoms with E-state index in [9.17, 15) is 19.2 Å². The fourth-order valence-electron chi connectivity index (χ4n) is 1.36. The minimum absolute atomic E-state index is 0.00776. The highest BCUT2D eigenvalue weighted by molar-refractivity contribution is 5.86. The molecule has 0 aliphatic carbocycles. The molecule has 0 aliphatic heterocycles. The van der Waals surface area contributed by atoms with Crippen molar-refractivity contribution in [3.63, 3.8) is 0 Å². The van der Waals surface area contributed by atoms with Crippen LogP contribution in [-0.4, -0.2) is 46.6 Å². The van der Waals surface area contributed by atoms with Gasteiger partial charge in [0.2, 0.25) is 11.8 Å². The highest BCUT2D eigenvalue weighted by atomic mass is 16.4. The molecule has 2 amide bonds. The van der Waals surface area contributed by atoms with Crippen molar-refractivity contribution in [2.75, 3.05) is 6.54 Å². The molecule has 0 spiro atoms. The highest BCUT2D eigenvalue weighted by Crippen LogP contribution is 2.12. The molecule has 0 aliphatic rings. The van der Waals surface area contributed by atoms with E-state index in [0.29, 0.717) is 13.0 Å². The molecule has 8 nitrogen and oxygen atoms in total. The summed E-state index contributed by atoms with van der Waals surface area (Å²) in [7, 11) is 0. The van der Waals surface area contributed by atoms with Gasteiger partial charge in [0.25, 0.3) is 0 Å². The molecular weight excluding hydrogens is 280 g/mol. The van der Waals surface area contributed by atoms with Crippen LogP contribution in [0.5, 0.6) is 0 Å². The molecule has 8 heteroatoms. The van der Waals surface area contributed by atoms with E-state index in [1.54, 1.807) is 20.8 Å². The predicted molar refractivity (Wildman–Crippen MR) is 73.5 cm³/mol. The molecule has 1 atom stereocenters. The van der Waals surface area contributed by atoms with E-state index in [1.807, 2.05) is 0 Å². The van der Waals surface area contributed by atoms with Gasteiger partial charge in [-0.25, -0.2) is 4.79 Å². The second-order valence-electron chi connectivity index (χ2n) is 5.67. The number of nitrogens with one attached hydrogen (secondary N) is 2. The van der Waals surface area contributed by atoms with Crippen molar-refractivity contribution in [1.29, 1.82) is 0 Å². The fraction of sp³-hybridized carbons (Fsp3) is 0.692. The largest absolute Gasteiger partial charge is 0.481 e. The van der Waals surface area contributed by atoms with Gasteiger partial charge >= 0.3 is 11.9 Å². The summed E-state index contributed by atoms with van der Waals surface area (Å²) in [4.78, 5) is 44.3. The normalized spacial score (nSPS) is 12.3. The molecule has 0 radical (unpaired) electrons. The van der Waals surface area contributed by atoms with Gasteiger partial charge in [-0.2, -0.15) is 0 Å². The van der Waals surface area contributed by atoms with Gasteiger partial charge in [0.05, 0.1) is 6.42 Å². The lowest BCUT2D eigenvalue weighted by Crippen LogP contribution is -2.42. The first-order valence-corrected chi connectivity index (χ1v) is 6.56. The van der Waals surface area contributed by atoms with Crippen LogP contribution in [0.15, 0.2) is 0 Å². The monoisotopic (exact) mass is 302 g/mol. The van der Waals surface area contributed by atoms with Crippen LogP contribution in [-0.2, 0) is 19.2 Å². The topological polar surface area (TPSA) is 133 Å². The summed E-state index contributed by atoms with van der Waals surface area (Å²) in [5.74, 6) is -3.40. The maximum Gasteiger partial charge on any atom is 0.326 e. The van der Waals surface area contributed by atoms with Gasteiger partial charge in [0, 0.05) is 18.4 Å². The van der Waals surface area contributed by atoms with Crippen LogP contribution in [0, 0.1) is 5.41 Å². The number of amides is 2. The van der Waals surface area contributed by atoms with Crippen LogP contribution in [0.3, 0.4) is 0 Å². The zero-order valence-corrected chi connectivity index (χ0v) is 12.4. The van der Waals surface area contributed by atoms with Crippen molar-refractivity contribution in [2.45, 2.75) is 46.1 Å². The second kappa shape index (κ2) is 8.23. The molecule has 0 fully saturated rings. The number of aliphatic carboxylic acids is 2. The molecule has 0 heterocycles. The minimum Gasteiger partial charge on any atom is -0.481 e. The van der Waals surface area contributed by atoms with Crippen LogP contribution in [0.2, 0.25) is 0 Å². The number of rotatable bonds is 8. The first kappa shape index (κ1) is 18.9. The maximum atomic E-state index is 11.5. The molecule has 0 aromatic heterocycles. The lowest BCUT2D eigenvalue weighted by atomic mass is 9.96. The van der Waals surface area contributed by atoms with E-state index >= 15 is 0 Å². The van der Waals surface area contributed by atoms with E-state index in [4.69, 9.17) is 10.2 Å². The molecule has 0 bridgehead atoms. The molecule has 0 rings (SSSR count). The Kier molecular flexibility index (Phi) is 7.40. The average molecular weight is 302 g/mol. The van der Waals surface area contributed by atoms with E-state index in [2.05, 4.69) is 10.6 Å².